The summed E-state index contributed by atoms with van der Waals surface area (Å²) in [6, 6.07) is 13.9. The van der Waals surface area contributed by atoms with Gasteiger partial charge < -0.3 is 9.47 Å². The van der Waals surface area contributed by atoms with Gasteiger partial charge in [0.1, 0.15) is 6.29 Å². The maximum absolute atomic E-state index is 12.3. The number of anilines is 1. The van der Waals surface area contributed by atoms with Crippen molar-refractivity contribution < 1.29 is 19.1 Å². The molecule has 0 aromatic heterocycles. The van der Waals surface area contributed by atoms with Gasteiger partial charge in [-0.15, -0.1) is 0 Å². The molecule has 0 spiro atoms. The molecule has 1 amide bonds. The fraction of sp³-hybridized carbons (Fsp3) is 0.176. The van der Waals surface area contributed by atoms with Crippen LogP contribution in [0.2, 0.25) is 0 Å². The van der Waals surface area contributed by atoms with E-state index in [0.717, 1.165) is 5.69 Å². The van der Waals surface area contributed by atoms with E-state index in [0.29, 0.717) is 24.1 Å². The maximum Gasteiger partial charge on any atom is 0.419 e. The van der Waals surface area contributed by atoms with Crippen LogP contribution in [0.3, 0.4) is 0 Å². The van der Waals surface area contributed by atoms with Gasteiger partial charge in [0.15, 0.2) is 11.5 Å². The topological polar surface area (TPSA) is 55.8 Å². The van der Waals surface area contributed by atoms with Gasteiger partial charge in [0.25, 0.3) is 0 Å². The largest absolute Gasteiger partial charge is 0.493 e. The van der Waals surface area contributed by atoms with E-state index in [4.69, 9.17) is 9.47 Å². The van der Waals surface area contributed by atoms with Gasteiger partial charge in [-0.05, 0) is 37.3 Å². The summed E-state index contributed by atoms with van der Waals surface area (Å²) in [5.74, 6) is 0.606. The highest BCUT2D eigenvalue weighted by Gasteiger charge is 2.18. The van der Waals surface area contributed by atoms with Gasteiger partial charge in [0.2, 0.25) is 0 Å². The van der Waals surface area contributed by atoms with E-state index in [9.17, 15) is 9.59 Å². The van der Waals surface area contributed by atoms with Crippen molar-refractivity contribution in [3.63, 3.8) is 0 Å². The van der Waals surface area contributed by atoms with Crippen LogP contribution in [0.1, 0.15) is 17.3 Å². The van der Waals surface area contributed by atoms with Crippen molar-refractivity contribution in [2.75, 3.05) is 18.6 Å². The van der Waals surface area contributed by atoms with Crippen LogP contribution in [0.25, 0.3) is 0 Å². The summed E-state index contributed by atoms with van der Waals surface area (Å²) >= 11 is 0. The summed E-state index contributed by atoms with van der Waals surface area (Å²) in [6.07, 6.45) is 0.196. The third-order valence-corrected chi connectivity index (χ3v) is 3.13. The standard InChI is InChI=1S/C17H17NO4/c1-3-18(14-7-5-4-6-8-14)17(20)22-15-10-9-13(12-19)11-16(15)21-2/h4-12H,3H2,1-2H3. The molecular weight excluding hydrogens is 282 g/mol. The highest BCUT2D eigenvalue weighted by molar-refractivity contribution is 5.89. The first-order chi connectivity index (χ1) is 10.7. The third-order valence-electron chi connectivity index (χ3n) is 3.13. The first-order valence-electron chi connectivity index (χ1n) is 6.87. The molecule has 0 saturated heterocycles. The number of rotatable bonds is 5. The summed E-state index contributed by atoms with van der Waals surface area (Å²) in [5.41, 5.74) is 1.20. The molecule has 22 heavy (non-hydrogen) atoms. The Morgan fingerprint density at radius 1 is 1.14 bits per heavy atom. The lowest BCUT2D eigenvalue weighted by molar-refractivity contribution is 0.112. The molecule has 0 radical (unpaired) electrons. The number of amides is 1. The summed E-state index contributed by atoms with van der Waals surface area (Å²) in [5, 5.41) is 0. The van der Waals surface area contributed by atoms with Crippen LogP contribution in [0.15, 0.2) is 48.5 Å². The van der Waals surface area contributed by atoms with E-state index in [1.54, 1.807) is 12.1 Å². The highest BCUT2D eigenvalue weighted by Crippen LogP contribution is 2.28. The molecule has 0 aliphatic heterocycles. The number of hydrogen-bond donors (Lipinski definition) is 0. The second kappa shape index (κ2) is 7.26. The number of methoxy groups -OCH3 is 1. The van der Waals surface area contributed by atoms with Gasteiger partial charge in [-0.1, -0.05) is 18.2 Å². The summed E-state index contributed by atoms with van der Waals surface area (Å²) in [6.45, 7) is 2.33. The fourth-order valence-electron chi connectivity index (χ4n) is 2.02. The van der Waals surface area contributed by atoms with E-state index in [-0.39, 0.29) is 5.75 Å². The average Bonchev–Trinajstić information content (AvgIpc) is 2.57. The highest BCUT2D eigenvalue weighted by atomic mass is 16.6. The molecule has 2 rings (SSSR count). The number of nitrogens with zero attached hydrogens (tertiary/aromatic N) is 1. The zero-order chi connectivity index (χ0) is 15.9. The number of carbonyl (C=O) groups is 2. The third kappa shape index (κ3) is 3.44. The van der Waals surface area contributed by atoms with Crippen LogP contribution in [0.5, 0.6) is 11.5 Å². The van der Waals surface area contributed by atoms with Gasteiger partial charge in [-0.2, -0.15) is 0 Å². The van der Waals surface area contributed by atoms with Gasteiger partial charge in [0, 0.05) is 17.8 Å². The van der Waals surface area contributed by atoms with Crippen LogP contribution in [0.4, 0.5) is 10.5 Å². The molecule has 2 aromatic carbocycles. The molecule has 0 N–H and O–H groups in total. The lowest BCUT2D eigenvalue weighted by atomic mass is 10.2. The van der Waals surface area contributed by atoms with E-state index in [2.05, 4.69) is 0 Å². The van der Waals surface area contributed by atoms with E-state index in [1.165, 1.54) is 18.1 Å². The molecule has 2 aromatic rings. The maximum atomic E-state index is 12.3. The molecule has 0 fully saturated rings. The van der Waals surface area contributed by atoms with Crippen molar-refractivity contribution in [2.45, 2.75) is 6.92 Å². The molecule has 0 bridgehead atoms. The van der Waals surface area contributed by atoms with Crippen LogP contribution >= 0.6 is 0 Å². The Hall–Kier alpha value is -2.82. The average molecular weight is 299 g/mol. The first kappa shape index (κ1) is 15.6. The first-order valence-corrected chi connectivity index (χ1v) is 6.87. The van der Waals surface area contributed by atoms with Crippen molar-refractivity contribution in [1.82, 2.24) is 0 Å². The number of aldehydes is 1. The second-order valence-electron chi connectivity index (χ2n) is 4.48. The Balaban J connectivity index is 2.22. The Labute approximate surface area is 129 Å². The lowest BCUT2D eigenvalue weighted by Crippen LogP contribution is -2.33. The molecule has 0 saturated carbocycles. The van der Waals surface area contributed by atoms with Crippen molar-refractivity contribution in [2.24, 2.45) is 0 Å². The van der Waals surface area contributed by atoms with E-state index in [1.807, 2.05) is 37.3 Å². The second-order valence-corrected chi connectivity index (χ2v) is 4.48. The quantitative estimate of drug-likeness (QED) is 0.792. The summed E-state index contributed by atoms with van der Waals surface area (Å²) in [4.78, 5) is 24.6. The number of carbonyl (C=O) groups excluding carboxylic acids is 2. The summed E-state index contributed by atoms with van der Waals surface area (Å²) in [7, 11) is 1.45. The molecular formula is C17H17NO4. The molecule has 5 heteroatoms. The van der Waals surface area contributed by atoms with Crippen molar-refractivity contribution in [1.29, 1.82) is 0 Å². The molecule has 0 atom stereocenters. The van der Waals surface area contributed by atoms with Crippen LogP contribution < -0.4 is 14.4 Å². The van der Waals surface area contributed by atoms with E-state index < -0.39 is 6.09 Å². The SMILES string of the molecule is CCN(C(=O)Oc1ccc(C=O)cc1OC)c1ccccc1. The normalized spacial score (nSPS) is 9.91. The van der Waals surface area contributed by atoms with E-state index >= 15 is 0 Å². The molecule has 114 valence electrons. The minimum Gasteiger partial charge on any atom is -0.493 e. The molecule has 0 aliphatic rings. The number of para-hydroxylation sites is 1. The zero-order valence-electron chi connectivity index (χ0n) is 12.5. The Morgan fingerprint density at radius 3 is 2.45 bits per heavy atom. The molecule has 0 unspecified atom stereocenters. The van der Waals surface area contributed by atoms with Gasteiger partial charge in [0.05, 0.1) is 7.11 Å². The lowest BCUT2D eigenvalue weighted by Gasteiger charge is -2.20. The minimum atomic E-state index is -0.508. The van der Waals surface area contributed by atoms with Crippen LogP contribution in [-0.4, -0.2) is 26.0 Å². The number of benzene rings is 2. The van der Waals surface area contributed by atoms with Crippen molar-refractivity contribution in [3.05, 3.63) is 54.1 Å². The van der Waals surface area contributed by atoms with Crippen molar-refractivity contribution >= 4 is 18.1 Å². The predicted molar refractivity (Wildman–Crippen MR) is 83.9 cm³/mol. The van der Waals surface area contributed by atoms with Gasteiger partial charge in [-0.25, -0.2) is 4.79 Å². The van der Waals surface area contributed by atoms with Gasteiger partial charge in [-0.3, -0.25) is 9.69 Å². The Kier molecular flexibility index (Phi) is 5.14. The Morgan fingerprint density at radius 2 is 1.86 bits per heavy atom. The van der Waals surface area contributed by atoms with Crippen molar-refractivity contribution in [3.8, 4) is 11.5 Å². The zero-order valence-corrected chi connectivity index (χ0v) is 12.5. The number of ether oxygens (including phenoxy) is 2. The fourth-order valence-corrected chi connectivity index (χ4v) is 2.02. The van der Waals surface area contributed by atoms with Gasteiger partial charge >= 0.3 is 6.09 Å². The smallest absolute Gasteiger partial charge is 0.419 e. The molecule has 5 nitrogen and oxygen atoms in total. The van der Waals surface area contributed by atoms with Crippen LogP contribution in [-0.2, 0) is 0 Å². The number of hydrogen-bond acceptors (Lipinski definition) is 4. The summed E-state index contributed by atoms with van der Waals surface area (Å²) < 4.78 is 10.5. The Bertz CT molecular complexity index is 655. The molecule has 0 heterocycles. The minimum absolute atomic E-state index is 0.271. The predicted octanol–water partition coefficient (Wildman–Crippen LogP) is 3.53. The monoisotopic (exact) mass is 299 g/mol. The molecule has 0 aliphatic carbocycles. The van der Waals surface area contributed by atoms with Crippen LogP contribution in [0, 0.1) is 0 Å².